The van der Waals surface area contributed by atoms with Crippen molar-refractivity contribution in [2.75, 3.05) is 32.7 Å². The second kappa shape index (κ2) is 6.51. The first-order valence-electron chi connectivity index (χ1n) is 9.75. The summed E-state index contributed by atoms with van der Waals surface area (Å²) in [7, 11) is 0. The van der Waals surface area contributed by atoms with Gasteiger partial charge >= 0.3 is 0 Å². The SMILES string of the molecule is CCN1CC(c2ccccc2)CC2(CCN(C(=O)C3CC3)CC2)C1. The number of likely N-dealkylation sites (tertiary alicyclic amines) is 2. The van der Waals surface area contributed by atoms with Gasteiger partial charge in [0, 0.05) is 32.1 Å². The fraction of sp³-hybridized carbons (Fsp3) is 0.667. The van der Waals surface area contributed by atoms with Gasteiger partial charge in [0.1, 0.15) is 0 Å². The molecule has 3 fully saturated rings. The number of carbonyl (C=O) groups excluding carboxylic acids is 1. The number of piperidine rings is 2. The highest BCUT2D eigenvalue weighted by Gasteiger charge is 2.44. The first kappa shape index (κ1) is 16.1. The Hall–Kier alpha value is -1.35. The number of benzene rings is 1. The van der Waals surface area contributed by atoms with E-state index in [4.69, 9.17) is 0 Å². The van der Waals surface area contributed by atoms with Crippen molar-refractivity contribution in [3.63, 3.8) is 0 Å². The summed E-state index contributed by atoms with van der Waals surface area (Å²) in [6.07, 6.45) is 5.91. The Balaban J connectivity index is 1.46. The summed E-state index contributed by atoms with van der Waals surface area (Å²) in [6, 6.07) is 11.0. The second-order valence-corrected chi connectivity index (χ2v) is 8.24. The summed E-state index contributed by atoms with van der Waals surface area (Å²) >= 11 is 0. The van der Waals surface area contributed by atoms with Gasteiger partial charge in [-0.15, -0.1) is 0 Å². The Kier molecular flexibility index (Phi) is 4.38. The average molecular weight is 326 g/mol. The van der Waals surface area contributed by atoms with E-state index in [1.54, 1.807) is 0 Å². The molecule has 1 unspecified atom stereocenters. The minimum absolute atomic E-state index is 0.370. The molecule has 3 aliphatic rings. The first-order valence-corrected chi connectivity index (χ1v) is 9.75. The molecule has 1 saturated carbocycles. The number of carbonyl (C=O) groups is 1. The zero-order chi connectivity index (χ0) is 16.6. The van der Waals surface area contributed by atoms with Gasteiger partial charge in [0.05, 0.1) is 0 Å². The molecule has 2 saturated heterocycles. The largest absolute Gasteiger partial charge is 0.342 e. The van der Waals surface area contributed by atoms with Gasteiger partial charge in [0.25, 0.3) is 0 Å². The quantitative estimate of drug-likeness (QED) is 0.848. The lowest BCUT2D eigenvalue weighted by atomic mass is 9.68. The average Bonchev–Trinajstić information content (AvgIpc) is 3.47. The van der Waals surface area contributed by atoms with Crippen LogP contribution in [0.5, 0.6) is 0 Å². The molecular formula is C21H30N2O. The normalized spacial score (nSPS) is 27.4. The summed E-state index contributed by atoms with van der Waals surface area (Å²) in [5, 5.41) is 0. The summed E-state index contributed by atoms with van der Waals surface area (Å²) < 4.78 is 0. The van der Waals surface area contributed by atoms with Crippen LogP contribution in [0, 0.1) is 11.3 Å². The highest BCUT2D eigenvalue weighted by atomic mass is 16.2. The van der Waals surface area contributed by atoms with Gasteiger partial charge in [-0.25, -0.2) is 0 Å². The van der Waals surface area contributed by atoms with E-state index in [1.807, 2.05) is 0 Å². The Morgan fingerprint density at radius 1 is 1.17 bits per heavy atom. The van der Waals surface area contributed by atoms with E-state index in [-0.39, 0.29) is 0 Å². The highest BCUT2D eigenvalue weighted by molar-refractivity contribution is 5.81. The topological polar surface area (TPSA) is 23.6 Å². The van der Waals surface area contributed by atoms with Crippen molar-refractivity contribution in [2.45, 2.75) is 44.9 Å². The lowest BCUT2D eigenvalue weighted by Crippen LogP contribution is -2.52. The van der Waals surface area contributed by atoms with Crippen LogP contribution in [-0.2, 0) is 4.79 Å². The third-order valence-corrected chi connectivity index (χ3v) is 6.50. The van der Waals surface area contributed by atoms with Gasteiger partial charge < -0.3 is 9.80 Å². The van der Waals surface area contributed by atoms with Crippen molar-refractivity contribution in [1.29, 1.82) is 0 Å². The van der Waals surface area contributed by atoms with E-state index in [2.05, 4.69) is 47.1 Å². The van der Waals surface area contributed by atoms with E-state index < -0.39 is 0 Å². The molecule has 0 aromatic heterocycles. The smallest absolute Gasteiger partial charge is 0.225 e. The van der Waals surface area contributed by atoms with Crippen molar-refractivity contribution >= 4 is 5.91 Å². The number of likely N-dealkylation sites (N-methyl/N-ethyl adjacent to an activating group) is 1. The molecule has 1 aromatic rings. The van der Waals surface area contributed by atoms with Crippen LogP contribution in [0.2, 0.25) is 0 Å². The summed E-state index contributed by atoms with van der Waals surface area (Å²) in [5.74, 6) is 1.45. The van der Waals surface area contributed by atoms with E-state index in [9.17, 15) is 4.79 Å². The number of nitrogens with zero attached hydrogens (tertiary/aromatic N) is 2. The summed E-state index contributed by atoms with van der Waals surface area (Å²) in [6.45, 7) is 7.79. The van der Waals surface area contributed by atoms with Crippen LogP contribution in [0.1, 0.15) is 50.5 Å². The van der Waals surface area contributed by atoms with Gasteiger partial charge in [0.2, 0.25) is 5.91 Å². The van der Waals surface area contributed by atoms with Crippen molar-refractivity contribution in [1.82, 2.24) is 9.80 Å². The fourth-order valence-electron chi connectivity index (χ4n) is 4.84. The van der Waals surface area contributed by atoms with Gasteiger partial charge in [-0.05, 0) is 55.5 Å². The predicted molar refractivity (Wildman–Crippen MR) is 96.9 cm³/mol. The monoisotopic (exact) mass is 326 g/mol. The van der Waals surface area contributed by atoms with Crippen LogP contribution >= 0.6 is 0 Å². The fourth-order valence-corrected chi connectivity index (χ4v) is 4.84. The van der Waals surface area contributed by atoms with Crippen LogP contribution < -0.4 is 0 Å². The molecule has 1 spiro atoms. The minimum atomic E-state index is 0.370. The molecule has 1 aliphatic carbocycles. The molecule has 24 heavy (non-hydrogen) atoms. The molecule has 0 radical (unpaired) electrons. The van der Waals surface area contributed by atoms with Crippen molar-refractivity contribution in [3.05, 3.63) is 35.9 Å². The van der Waals surface area contributed by atoms with Crippen molar-refractivity contribution in [2.24, 2.45) is 11.3 Å². The van der Waals surface area contributed by atoms with E-state index in [1.165, 1.54) is 37.9 Å². The zero-order valence-electron chi connectivity index (χ0n) is 14.9. The molecule has 2 heterocycles. The van der Waals surface area contributed by atoms with E-state index >= 15 is 0 Å². The van der Waals surface area contributed by atoms with Gasteiger partial charge in [-0.1, -0.05) is 37.3 Å². The molecule has 1 amide bonds. The number of hydrogen-bond donors (Lipinski definition) is 0. The molecule has 1 atom stereocenters. The first-order chi connectivity index (χ1) is 11.7. The molecule has 2 aliphatic heterocycles. The Bertz CT molecular complexity index is 573. The van der Waals surface area contributed by atoms with Gasteiger partial charge in [0.15, 0.2) is 0 Å². The second-order valence-electron chi connectivity index (χ2n) is 8.24. The van der Waals surface area contributed by atoms with Crippen LogP contribution in [-0.4, -0.2) is 48.4 Å². The lowest BCUT2D eigenvalue weighted by molar-refractivity contribution is -0.135. The molecule has 130 valence electrons. The Morgan fingerprint density at radius 3 is 2.50 bits per heavy atom. The standard InChI is InChI=1S/C21H30N2O/c1-2-22-15-19(17-6-4-3-5-7-17)14-21(16-22)10-12-23(13-11-21)20(24)18-8-9-18/h3-7,18-19H,2,8-16H2,1H3. The van der Waals surface area contributed by atoms with Gasteiger partial charge in [-0.3, -0.25) is 4.79 Å². The third kappa shape index (κ3) is 3.23. The molecule has 1 aromatic carbocycles. The molecule has 3 nitrogen and oxygen atoms in total. The maximum absolute atomic E-state index is 12.4. The molecule has 0 bridgehead atoms. The van der Waals surface area contributed by atoms with Crippen LogP contribution in [0.3, 0.4) is 0 Å². The zero-order valence-corrected chi connectivity index (χ0v) is 14.9. The van der Waals surface area contributed by atoms with Crippen LogP contribution in [0.15, 0.2) is 30.3 Å². The molecular weight excluding hydrogens is 296 g/mol. The van der Waals surface area contributed by atoms with Crippen molar-refractivity contribution < 1.29 is 4.79 Å². The predicted octanol–water partition coefficient (Wildman–Crippen LogP) is 3.51. The summed E-state index contributed by atoms with van der Waals surface area (Å²) in [5.41, 5.74) is 1.90. The molecule has 3 heteroatoms. The minimum Gasteiger partial charge on any atom is -0.342 e. The number of hydrogen-bond acceptors (Lipinski definition) is 2. The lowest BCUT2D eigenvalue weighted by Gasteiger charge is -2.50. The maximum atomic E-state index is 12.4. The molecule has 4 rings (SSSR count). The van der Waals surface area contributed by atoms with Crippen molar-refractivity contribution in [3.8, 4) is 0 Å². The van der Waals surface area contributed by atoms with E-state index in [0.29, 0.717) is 23.2 Å². The summed E-state index contributed by atoms with van der Waals surface area (Å²) in [4.78, 5) is 17.1. The Labute approximate surface area is 146 Å². The maximum Gasteiger partial charge on any atom is 0.225 e. The van der Waals surface area contributed by atoms with Gasteiger partial charge in [-0.2, -0.15) is 0 Å². The Morgan fingerprint density at radius 2 is 1.88 bits per heavy atom. The van der Waals surface area contributed by atoms with E-state index in [0.717, 1.165) is 32.5 Å². The van der Waals surface area contributed by atoms with Crippen LogP contribution in [0.4, 0.5) is 0 Å². The van der Waals surface area contributed by atoms with Crippen LogP contribution in [0.25, 0.3) is 0 Å². The third-order valence-electron chi connectivity index (χ3n) is 6.50. The highest BCUT2D eigenvalue weighted by Crippen LogP contribution is 2.45. The number of amides is 1. The number of rotatable bonds is 3. The molecule has 0 N–H and O–H groups in total.